The van der Waals surface area contributed by atoms with Crippen LogP contribution in [0, 0.1) is 5.82 Å². The Morgan fingerprint density at radius 2 is 0.865 bits per heavy atom. The Morgan fingerprint density at radius 1 is 0.541 bits per heavy atom. The molecule has 0 fully saturated rings. The van der Waals surface area contributed by atoms with Gasteiger partial charge in [0.05, 0.1) is 0 Å². The number of carbonyl (C=O) groups is 1. The Bertz CT molecular complexity index is 1260. The van der Waals surface area contributed by atoms with Gasteiger partial charge in [0.15, 0.2) is 0 Å². The molecule has 37 heavy (non-hydrogen) atoms. The van der Waals surface area contributed by atoms with Crippen LogP contribution in [0.2, 0.25) is 0 Å². The van der Waals surface area contributed by atoms with Crippen molar-refractivity contribution in [2.45, 2.75) is 0 Å². The maximum Gasteiger partial charge on any atom is 0.150 e. The summed E-state index contributed by atoms with van der Waals surface area (Å²) in [6, 6.07) is 47.3. The molecule has 0 saturated heterocycles. The molecule has 0 saturated carbocycles. The molecular formula is C31H27Br2FOP2. The van der Waals surface area contributed by atoms with Crippen LogP contribution in [-0.2, 0) is 0 Å². The third-order valence-corrected chi connectivity index (χ3v) is 16.8. The van der Waals surface area contributed by atoms with E-state index in [0.717, 1.165) is 0 Å². The molecule has 5 aromatic carbocycles. The van der Waals surface area contributed by atoms with Crippen molar-refractivity contribution in [2.24, 2.45) is 0 Å². The number of hydrogen-bond donors (Lipinski definition) is 0. The molecule has 188 valence electrons. The summed E-state index contributed by atoms with van der Waals surface area (Å²) in [5.41, 5.74) is 0.497. The minimum absolute atomic E-state index is 0.319. The zero-order valence-corrected chi connectivity index (χ0v) is 25.2. The quantitative estimate of drug-likeness (QED) is 0.142. The van der Waals surface area contributed by atoms with Gasteiger partial charge in [0.2, 0.25) is 0 Å². The molecule has 0 aliphatic carbocycles. The largest absolute Gasteiger partial charge is 0.298 e. The summed E-state index contributed by atoms with van der Waals surface area (Å²) in [4.78, 5) is 10.00. The maximum atomic E-state index is 12.1. The summed E-state index contributed by atoms with van der Waals surface area (Å²) in [7, 11) is 2.63. The van der Waals surface area contributed by atoms with E-state index in [1.807, 2.05) is 30.3 Å². The number of hydrogen-bond acceptors (Lipinski definition) is 1. The predicted octanol–water partition coefficient (Wildman–Crippen LogP) is 7.96. The Hall–Kier alpha value is -2.48. The number of rotatable bonds is 4. The maximum absolute atomic E-state index is 12.1. The van der Waals surface area contributed by atoms with E-state index in [4.69, 9.17) is 0 Å². The standard InChI is InChI=1S/C18H15Br2P.C7H5FO.C6H7P/c19-21(20,16-10-4-1-5-11-16,17-12-6-2-7-13-17)18-14-8-3-9-15-18;8-7-3-1-6(5-9)2-4-7;7-6-4-2-1-3-5-6/h1-15H;1-5H;1-5H,7H2/i;8-1;. The summed E-state index contributed by atoms with van der Waals surface area (Å²) in [6.07, 6.45) is 0.680. The van der Waals surface area contributed by atoms with Gasteiger partial charge in [0.25, 0.3) is 0 Å². The van der Waals surface area contributed by atoms with E-state index in [1.54, 1.807) is 0 Å². The van der Waals surface area contributed by atoms with Gasteiger partial charge in [-0.3, -0.25) is 4.79 Å². The molecule has 1 unspecified atom stereocenters. The number of carbonyl (C=O) groups excluding carboxylic acids is 1. The molecule has 0 aliphatic heterocycles. The minimum Gasteiger partial charge on any atom is -0.298 e. The van der Waals surface area contributed by atoms with Crippen molar-refractivity contribution in [1.29, 1.82) is 0 Å². The Kier molecular flexibility index (Phi) is 10.9. The molecule has 5 rings (SSSR count). The summed E-state index contributed by atoms with van der Waals surface area (Å²) >= 11 is 8.32. The molecule has 0 heterocycles. The van der Waals surface area contributed by atoms with Crippen molar-refractivity contribution in [3.63, 3.8) is 0 Å². The smallest absolute Gasteiger partial charge is 0.150 e. The van der Waals surface area contributed by atoms with Crippen molar-refractivity contribution in [1.82, 2.24) is 0 Å². The van der Waals surface area contributed by atoms with E-state index in [-0.39, 0.29) is 5.82 Å². The minimum atomic E-state index is -2.75. The van der Waals surface area contributed by atoms with Gasteiger partial charge >= 0.3 is 142 Å². The van der Waals surface area contributed by atoms with E-state index in [1.165, 1.54) is 45.5 Å². The Morgan fingerprint density at radius 3 is 1.14 bits per heavy atom. The molecule has 0 aromatic heterocycles. The van der Waals surface area contributed by atoms with Gasteiger partial charge in [0, 0.05) is 5.56 Å². The first-order valence-corrected chi connectivity index (χ1v) is 18.3. The van der Waals surface area contributed by atoms with Gasteiger partial charge in [-0.05, 0) is 29.6 Å². The van der Waals surface area contributed by atoms with Crippen LogP contribution in [0.15, 0.2) is 146 Å². The first kappa shape index (κ1) is 29.1. The predicted molar refractivity (Wildman–Crippen MR) is 171 cm³/mol. The Labute approximate surface area is 236 Å². The molecule has 0 spiro atoms. The van der Waals surface area contributed by atoms with Gasteiger partial charge in [-0.15, -0.1) is 9.24 Å². The normalized spacial score (nSPS) is 11.4. The van der Waals surface area contributed by atoms with Crippen molar-refractivity contribution in [3.05, 3.63) is 157 Å². The summed E-state index contributed by atoms with van der Waals surface area (Å²) in [6.45, 7) is 0. The molecule has 0 radical (unpaired) electrons. The molecule has 5 aromatic rings. The average Bonchev–Trinajstić information content (AvgIpc) is 2.96. The second-order valence-electron chi connectivity index (χ2n) is 7.99. The summed E-state index contributed by atoms with van der Waals surface area (Å²) < 4.78 is 9.36. The van der Waals surface area contributed by atoms with Crippen molar-refractivity contribution >= 4 is 71.7 Å². The molecule has 0 amide bonds. The van der Waals surface area contributed by atoms with Gasteiger partial charge < -0.3 is 0 Å². The number of aldehydes is 1. The molecule has 1 nitrogen and oxygen atoms in total. The van der Waals surface area contributed by atoms with E-state index in [9.17, 15) is 9.18 Å². The molecule has 0 N–H and O–H groups in total. The van der Waals surface area contributed by atoms with E-state index in [2.05, 4.69) is 131 Å². The summed E-state index contributed by atoms with van der Waals surface area (Å²) in [5, 5.41) is 5.03. The van der Waals surface area contributed by atoms with Gasteiger partial charge in [0.1, 0.15) is 12.1 Å². The fourth-order valence-electron chi connectivity index (χ4n) is 3.51. The zero-order valence-electron chi connectivity index (χ0n) is 20.0. The van der Waals surface area contributed by atoms with Gasteiger partial charge in [-0.1, -0.05) is 30.3 Å². The topological polar surface area (TPSA) is 17.1 Å². The van der Waals surface area contributed by atoms with Crippen molar-refractivity contribution < 1.29 is 9.18 Å². The van der Waals surface area contributed by atoms with Crippen LogP contribution in [0.3, 0.4) is 0 Å². The summed E-state index contributed by atoms with van der Waals surface area (Å²) in [5.74, 6) is -0.319. The van der Waals surface area contributed by atoms with Crippen molar-refractivity contribution in [3.8, 4) is 0 Å². The fraction of sp³-hybridized carbons (Fsp3) is 0. The van der Waals surface area contributed by atoms with Crippen LogP contribution in [0.4, 0.5) is 4.39 Å². The van der Waals surface area contributed by atoms with Crippen LogP contribution < -0.4 is 21.2 Å². The van der Waals surface area contributed by atoms with E-state index < -0.39 is 4.01 Å². The molecule has 0 aliphatic rings. The monoisotopic (exact) mass is 653 g/mol. The van der Waals surface area contributed by atoms with E-state index in [0.29, 0.717) is 11.8 Å². The average molecular weight is 655 g/mol. The number of halogens is 3. The van der Waals surface area contributed by atoms with Crippen LogP contribution in [0.5, 0.6) is 0 Å². The van der Waals surface area contributed by atoms with Crippen LogP contribution >= 0.6 is 44.2 Å². The second kappa shape index (κ2) is 13.9. The Balaban J connectivity index is 0.000000194. The van der Waals surface area contributed by atoms with Gasteiger partial charge in [-0.2, -0.15) is 0 Å². The third-order valence-electron chi connectivity index (χ3n) is 5.43. The van der Waals surface area contributed by atoms with Crippen LogP contribution in [-0.4, -0.2) is 6.29 Å². The van der Waals surface area contributed by atoms with Crippen LogP contribution in [0.1, 0.15) is 10.4 Å². The van der Waals surface area contributed by atoms with Gasteiger partial charge in [-0.25, -0.2) is 4.39 Å². The fourth-order valence-corrected chi connectivity index (χ4v) is 11.0. The molecular weight excluding hydrogens is 628 g/mol. The molecule has 1 atom stereocenters. The zero-order chi connectivity index (χ0) is 26.6. The first-order valence-electron chi connectivity index (χ1n) is 11.5. The number of benzene rings is 5. The second-order valence-corrected chi connectivity index (χ2v) is 23.4. The SMILES string of the molecule is BrP(Br)(c1ccccc1)(c1ccccc1)c1ccccc1.O=Cc1ccc([18F])cc1.Pc1ccccc1. The first-order chi connectivity index (χ1) is 17.8. The van der Waals surface area contributed by atoms with E-state index >= 15 is 0 Å². The third kappa shape index (κ3) is 7.76. The van der Waals surface area contributed by atoms with Crippen LogP contribution in [0.25, 0.3) is 0 Å². The molecule has 6 heteroatoms. The molecule has 0 bridgehead atoms. The van der Waals surface area contributed by atoms with Crippen molar-refractivity contribution in [2.75, 3.05) is 0 Å².